The number of aliphatic hydroxyl groups is 2. The zero-order valence-corrected chi connectivity index (χ0v) is 18.0. The van der Waals surface area contributed by atoms with E-state index in [0.29, 0.717) is 19.4 Å². The number of carbonyl (C=O) groups is 5. The van der Waals surface area contributed by atoms with Gasteiger partial charge < -0.3 is 48.5 Å². The Morgan fingerprint density at radius 3 is 1.97 bits per heavy atom. The van der Waals surface area contributed by atoms with Gasteiger partial charge in [-0.15, -0.1) is 0 Å². The highest BCUT2D eigenvalue weighted by molar-refractivity contribution is 5.94. The van der Waals surface area contributed by atoms with Gasteiger partial charge in [0.1, 0.15) is 18.1 Å². The molecule has 0 heterocycles. The van der Waals surface area contributed by atoms with Crippen molar-refractivity contribution in [2.75, 3.05) is 13.2 Å². The van der Waals surface area contributed by atoms with Crippen LogP contribution in [0.1, 0.15) is 39.0 Å². The number of carboxylic acid groups (broad SMARTS) is 1. The Kier molecular flexibility index (Phi) is 13.7. The van der Waals surface area contributed by atoms with Crippen molar-refractivity contribution in [3.05, 3.63) is 0 Å². The van der Waals surface area contributed by atoms with Crippen LogP contribution in [0.5, 0.6) is 0 Å². The molecule has 0 aromatic heterocycles. The first-order chi connectivity index (χ1) is 14.9. The molecule has 14 nitrogen and oxygen atoms in total. The van der Waals surface area contributed by atoms with Gasteiger partial charge in [0.25, 0.3) is 0 Å². The number of amides is 4. The maximum atomic E-state index is 12.5. The minimum absolute atomic E-state index is 0.0830. The van der Waals surface area contributed by atoms with Gasteiger partial charge in [-0.05, 0) is 39.2 Å². The maximum Gasteiger partial charge on any atom is 0.326 e. The molecule has 0 aliphatic heterocycles. The lowest BCUT2D eigenvalue weighted by molar-refractivity contribution is -0.143. The van der Waals surface area contributed by atoms with Crippen LogP contribution in [0.3, 0.4) is 0 Å². The van der Waals surface area contributed by atoms with Gasteiger partial charge in [0.05, 0.1) is 18.8 Å². The molecule has 0 fully saturated rings. The highest BCUT2D eigenvalue weighted by Gasteiger charge is 2.32. The molecule has 0 spiro atoms. The lowest BCUT2D eigenvalue weighted by atomic mass is 10.1. The predicted molar refractivity (Wildman–Crippen MR) is 112 cm³/mol. The number of carboxylic acids is 1. The van der Waals surface area contributed by atoms with Crippen LogP contribution < -0.4 is 33.2 Å². The summed E-state index contributed by atoms with van der Waals surface area (Å²) >= 11 is 0. The highest BCUT2D eigenvalue weighted by atomic mass is 16.4. The van der Waals surface area contributed by atoms with Crippen molar-refractivity contribution in [3.63, 3.8) is 0 Å². The van der Waals surface area contributed by atoms with Gasteiger partial charge in [0.2, 0.25) is 23.6 Å². The lowest BCUT2D eigenvalue weighted by Gasteiger charge is -2.26. The van der Waals surface area contributed by atoms with Crippen LogP contribution in [0.4, 0.5) is 0 Å². The molecule has 0 aromatic carbocycles. The molecule has 0 aromatic rings. The van der Waals surface area contributed by atoms with E-state index in [9.17, 15) is 39.3 Å². The first-order valence-corrected chi connectivity index (χ1v) is 10.1. The van der Waals surface area contributed by atoms with Gasteiger partial charge in [0, 0.05) is 6.42 Å². The molecule has 4 amide bonds. The monoisotopic (exact) mass is 462 g/mol. The second-order valence-electron chi connectivity index (χ2n) is 7.27. The predicted octanol–water partition coefficient (Wildman–Crippen LogP) is -4.38. The third kappa shape index (κ3) is 11.0. The summed E-state index contributed by atoms with van der Waals surface area (Å²) in [6.45, 7) is 0.694. The smallest absolute Gasteiger partial charge is 0.326 e. The lowest BCUT2D eigenvalue weighted by Crippen LogP contribution is -2.60. The van der Waals surface area contributed by atoms with Crippen molar-refractivity contribution >= 4 is 29.6 Å². The molecule has 184 valence electrons. The zero-order valence-electron chi connectivity index (χ0n) is 18.0. The van der Waals surface area contributed by atoms with E-state index in [4.69, 9.17) is 17.2 Å². The van der Waals surface area contributed by atoms with E-state index in [0.717, 1.165) is 0 Å². The van der Waals surface area contributed by atoms with Crippen LogP contribution >= 0.6 is 0 Å². The number of aliphatic hydroxyl groups excluding tert-OH is 2. The number of carbonyl (C=O) groups excluding carboxylic acids is 4. The fourth-order valence-corrected chi connectivity index (χ4v) is 2.57. The van der Waals surface area contributed by atoms with Gasteiger partial charge in [-0.1, -0.05) is 0 Å². The second-order valence-corrected chi connectivity index (χ2v) is 7.27. The highest BCUT2D eigenvalue weighted by Crippen LogP contribution is 2.03. The molecule has 0 bridgehead atoms. The van der Waals surface area contributed by atoms with E-state index in [1.54, 1.807) is 0 Å². The van der Waals surface area contributed by atoms with Gasteiger partial charge >= 0.3 is 5.97 Å². The normalized spacial score (nSPS) is 15.5. The second kappa shape index (κ2) is 15.1. The summed E-state index contributed by atoms with van der Waals surface area (Å²) in [4.78, 5) is 59.1. The van der Waals surface area contributed by atoms with Crippen LogP contribution in [0, 0.1) is 0 Å². The van der Waals surface area contributed by atoms with Crippen molar-refractivity contribution in [2.24, 2.45) is 17.2 Å². The average molecular weight is 463 g/mol. The Bertz CT molecular complexity index is 659. The third-order valence-corrected chi connectivity index (χ3v) is 4.48. The molecule has 0 aliphatic carbocycles. The third-order valence-electron chi connectivity index (χ3n) is 4.48. The minimum atomic E-state index is -1.56. The van der Waals surface area contributed by atoms with Crippen molar-refractivity contribution in [1.82, 2.24) is 16.0 Å². The van der Waals surface area contributed by atoms with Crippen LogP contribution in [-0.2, 0) is 24.0 Å². The number of hydrogen-bond acceptors (Lipinski definition) is 9. The first kappa shape index (κ1) is 29.2. The fraction of sp³-hybridized carbons (Fsp3) is 0.722. The number of rotatable bonds is 16. The fourth-order valence-electron chi connectivity index (χ4n) is 2.57. The summed E-state index contributed by atoms with van der Waals surface area (Å²) in [7, 11) is 0. The van der Waals surface area contributed by atoms with Crippen molar-refractivity contribution < 1.29 is 39.3 Å². The number of nitrogens with two attached hydrogens (primary N) is 3. The molecule has 14 heteroatoms. The number of primary amides is 1. The molecule has 0 saturated carbocycles. The number of nitrogens with one attached hydrogen (secondary N) is 3. The summed E-state index contributed by atoms with van der Waals surface area (Å²) in [5, 5.41) is 35.2. The van der Waals surface area contributed by atoms with E-state index in [-0.39, 0.29) is 19.3 Å². The zero-order chi connectivity index (χ0) is 24.8. The number of hydrogen-bond donors (Lipinski definition) is 9. The maximum absolute atomic E-state index is 12.5. The van der Waals surface area contributed by atoms with Crippen molar-refractivity contribution in [1.29, 1.82) is 0 Å². The molecular formula is C18H34N6O8. The van der Waals surface area contributed by atoms with Crippen molar-refractivity contribution in [2.45, 2.75) is 69.3 Å². The Balaban J connectivity index is 5.09. The molecule has 32 heavy (non-hydrogen) atoms. The molecule has 5 atom stereocenters. The minimum Gasteiger partial charge on any atom is -0.480 e. The molecule has 0 aliphatic rings. The summed E-state index contributed by atoms with van der Waals surface area (Å²) < 4.78 is 0. The van der Waals surface area contributed by atoms with Crippen LogP contribution in [0.2, 0.25) is 0 Å². The molecule has 5 unspecified atom stereocenters. The van der Waals surface area contributed by atoms with E-state index >= 15 is 0 Å². The quantitative estimate of drug-likeness (QED) is 0.0994. The number of aliphatic carboxylic acids is 1. The van der Waals surface area contributed by atoms with E-state index in [2.05, 4.69) is 16.0 Å². The topological polar surface area (TPSA) is 260 Å². The van der Waals surface area contributed by atoms with E-state index in [1.165, 1.54) is 6.92 Å². The van der Waals surface area contributed by atoms with Gasteiger partial charge in [-0.3, -0.25) is 19.2 Å². The summed E-state index contributed by atoms with van der Waals surface area (Å²) in [5.74, 6) is -4.78. The first-order valence-electron chi connectivity index (χ1n) is 10.1. The van der Waals surface area contributed by atoms with Gasteiger partial charge in [0.15, 0.2) is 0 Å². The Hall–Kier alpha value is -2.81. The molecule has 0 saturated heterocycles. The SMILES string of the molecule is CC(O)C(NC(=O)C(CO)NC(=O)C(N)CCC(N)=O)C(=O)NC(CCCCN)C(=O)O. The largest absolute Gasteiger partial charge is 0.480 e. The summed E-state index contributed by atoms with van der Waals surface area (Å²) in [5.41, 5.74) is 15.9. The molecule has 12 N–H and O–H groups in total. The van der Waals surface area contributed by atoms with Crippen LogP contribution in [-0.4, -0.2) is 88.3 Å². The van der Waals surface area contributed by atoms with Gasteiger partial charge in [-0.2, -0.15) is 0 Å². The summed E-state index contributed by atoms with van der Waals surface area (Å²) in [6.07, 6.45) is -0.586. The number of unbranched alkanes of at least 4 members (excludes halogenated alkanes) is 1. The van der Waals surface area contributed by atoms with E-state index < -0.39 is 66.5 Å². The Morgan fingerprint density at radius 2 is 1.50 bits per heavy atom. The van der Waals surface area contributed by atoms with Crippen LogP contribution in [0.25, 0.3) is 0 Å². The van der Waals surface area contributed by atoms with Crippen molar-refractivity contribution in [3.8, 4) is 0 Å². The Morgan fingerprint density at radius 1 is 0.906 bits per heavy atom. The Labute approximate surface area is 185 Å². The van der Waals surface area contributed by atoms with Crippen LogP contribution in [0.15, 0.2) is 0 Å². The van der Waals surface area contributed by atoms with Gasteiger partial charge in [-0.25, -0.2) is 4.79 Å². The van der Waals surface area contributed by atoms with E-state index in [1.807, 2.05) is 0 Å². The average Bonchev–Trinajstić information content (AvgIpc) is 2.72. The summed E-state index contributed by atoms with van der Waals surface area (Å²) in [6, 6.07) is -5.52. The molecule has 0 rings (SSSR count). The molecular weight excluding hydrogens is 428 g/mol. The molecule has 0 radical (unpaired) electrons. The standard InChI is InChI=1S/C18H34N6O8/c1-9(26)14(17(30)22-11(18(31)32)4-2-3-7-19)24-16(29)12(8-25)23-15(28)10(20)5-6-13(21)27/h9-12,14,25-26H,2-8,19-20H2,1H3,(H2,21,27)(H,22,30)(H,23,28)(H,24,29)(H,31,32).